The van der Waals surface area contributed by atoms with Crippen LogP contribution >= 0.6 is 0 Å². The first kappa shape index (κ1) is 21.2. The van der Waals surface area contributed by atoms with E-state index in [4.69, 9.17) is 18.3 Å². The number of fused-ring (bicyclic) bond motifs is 2. The summed E-state index contributed by atoms with van der Waals surface area (Å²) in [6.07, 6.45) is 2.52. The third-order valence-corrected chi connectivity index (χ3v) is 5.67. The molecule has 166 valence electrons. The maximum atomic E-state index is 12.9. The zero-order chi connectivity index (χ0) is 22.1. The lowest BCUT2D eigenvalue weighted by Gasteiger charge is -2.18. The molecule has 8 heteroatoms. The highest BCUT2D eigenvalue weighted by atomic mass is 16.5. The molecule has 1 N–H and O–H groups in total. The van der Waals surface area contributed by atoms with Crippen LogP contribution in [0.5, 0.6) is 11.5 Å². The lowest BCUT2D eigenvalue weighted by atomic mass is 10.1. The summed E-state index contributed by atoms with van der Waals surface area (Å²) in [5.74, 6) is 1.09. The summed E-state index contributed by atoms with van der Waals surface area (Å²) in [5, 5.41) is 3.72. The monoisotopic (exact) mass is 428 g/mol. The Morgan fingerprint density at radius 3 is 2.74 bits per heavy atom. The minimum Gasteiger partial charge on any atom is -0.495 e. The number of hydrogen-bond donors (Lipinski definition) is 1. The number of hydrogen-bond acceptors (Lipinski definition) is 7. The number of ether oxygens (including phenoxy) is 2. The van der Waals surface area contributed by atoms with Crippen LogP contribution in [0.1, 0.15) is 30.8 Å². The Hall–Kier alpha value is -3.00. The van der Waals surface area contributed by atoms with Gasteiger partial charge in [-0.2, -0.15) is 0 Å². The molecule has 4 rings (SSSR count). The molecule has 2 aromatic heterocycles. The zero-order valence-corrected chi connectivity index (χ0v) is 18.3. The molecule has 0 saturated carbocycles. The van der Waals surface area contributed by atoms with Gasteiger partial charge in [-0.05, 0) is 30.9 Å². The Balaban J connectivity index is 1.61. The molecule has 1 amide bonds. The van der Waals surface area contributed by atoms with E-state index in [-0.39, 0.29) is 27.9 Å². The van der Waals surface area contributed by atoms with Crippen molar-refractivity contribution in [2.45, 2.75) is 20.3 Å². The smallest absolute Gasteiger partial charge is 0.287 e. The highest BCUT2D eigenvalue weighted by molar-refractivity contribution is 6.07. The van der Waals surface area contributed by atoms with Crippen molar-refractivity contribution >= 4 is 27.8 Å². The summed E-state index contributed by atoms with van der Waals surface area (Å²) in [7, 11) is 2.93. The van der Waals surface area contributed by atoms with Crippen molar-refractivity contribution in [3.05, 3.63) is 34.4 Å². The van der Waals surface area contributed by atoms with E-state index in [0.717, 1.165) is 26.1 Å². The van der Waals surface area contributed by atoms with Crippen LogP contribution in [0.2, 0.25) is 0 Å². The predicted octanol–water partition coefficient (Wildman–Crippen LogP) is 3.26. The molecule has 1 atom stereocenters. The van der Waals surface area contributed by atoms with Gasteiger partial charge in [0.05, 0.1) is 25.9 Å². The average Bonchev–Trinajstić information content (AvgIpc) is 3.39. The molecule has 1 aromatic carbocycles. The minimum atomic E-state index is -0.429. The van der Waals surface area contributed by atoms with E-state index in [0.29, 0.717) is 35.1 Å². The summed E-state index contributed by atoms with van der Waals surface area (Å²) in [4.78, 5) is 28.1. The van der Waals surface area contributed by atoms with Crippen molar-refractivity contribution in [3.63, 3.8) is 0 Å². The van der Waals surface area contributed by atoms with Crippen LogP contribution < -0.4 is 20.2 Å². The molecular formula is C23H28N2O6. The summed E-state index contributed by atoms with van der Waals surface area (Å²) < 4.78 is 22.3. The van der Waals surface area contributed by atoms with Crippen LogP contribution in [-0.4, -0.2) is 51.2 Å². The van der Waals surface area contributed by atoms with Gasteiger partial charge in [0.1, 0.15) is 11.1 Å². The van der Waals surface area contributed by atoms with Crippen LogP contribution in [0, 0.1) is 11.8 Å². The Bertz CT molecular complexity index is 1160. The van der Waals surface area contributed by atoms with Gasteiger partial charge in [0.2, 0.25) is 5.75 Å². The summed E-state index contributed by atoms with van der Waals surface area (Å²) in [5.41, 5.74) is 0.140. The number of furan rings is 1. The Morgan fingerprint density at radius 1 is 1.26 bits per heavy atom. The van der Waals surface area contributed by atoms with Gasteiger partial charge < -0.3 is 28.5 Å². The molecule has 0 bridgehead atoms. The Labute approximate surface area is 180 Å². The highest BCUT2D eigenvalue weighted by Crippen LogP contribution is 2.41. The van der Waals surface area contributed by atoms with Crippen molar-refractivity contribution in [2.75, 3.05) is 40.4 Å². The van der Waals surface area contributed by atoms with Crippen molar-refractivity contribution in [1.29, 1.82) is 0 Å². The molecule has 31 heavy (non-hydrogen) atoms. The Morgan fingerprint density at radius 2 is 2.03 bits per heavy atom. The van der Waals surface area contributed by atoms with E-state index in [1.165, 1.54) is 26.5 Å². The maximum absolute atomic E-state index is 12.9. The first-order valence-corrected chi connectivity index (χ1v) is 10.5. The third kappa shape index (κ3) is 3.99. The molecule has 3 heterocycles. The van der Waals surface area contributed by atoms with Crippen molar-refractivity contribution < 1.29 is 23.1 Å². The molecule has 0 unspecified atom stereocenters. The van der Waals surface area contributed by atoms with Crippen LogP contribution in [0.4, 0.5) is 0 Å². The molecular weight excluding hydrogens is 400 g/mol. The molecule has 1 aliphatic heterocycles. The van der Waals surface area contributed by atoms with Gasteiger partial charge in [-0.3, -0.25) is 9.59 Å². The fourth-order valence-corrected chi connectivity index (χ4v) is 4.37. The van der Waals surface area contributed by atoms with Gasteiger partial charge in [0.15, 0.2) is 22.4 Å². The van der Waals surface area contributed by atoms with Crippen LogP contribution in [0.3, 0.4) is 0 Å². The maximum Gasteiger partial charge on any atom is 0.287 e. The normalized spacial score (nSPS) is 17.0. The van der Waals surface area contributed by atoms with Crippen LogP contribution in [0.15, 0.2) is 32.0 Å². The lowest BCUT2D eigenvalue weighted by molar-refractivity contribution is 0.0919. The number of carbonyl (C=O) groups excluding carboxylic acids is 1. The summed E-state index contributed by atoms with van der Waals surface area (Å²) in [6.45, 7) is 8.01. The van der Waals surface area contributed by atoms with Crippen LogP contribution in [0.25, 0.3) is 21.9 Å². The molecule has 0 spiro atoms. The lowest BCUT2D eigenvalue weighted by Crippen LogP contribution is -2.32. The largest absolute Gasteiger partial charge is 0.495 e. The second-order valence-electron chi connectivity index (χ2n) is 8.43. The molecule has 1 aliphatic rings. The van der Waals surface area contributed by atoms with E-state index in [2.05, 4.69) is 24.1 Å². The number of benzene rings is 1. The minimum absolute atomic E-state index is 0.0687. The summed E-state index contributed by atoms with van der Waals surface area (Å²) in [6, 6.07) is 2.89. The Kier molecular flexibility index (Phi) is 5.91. The van der Waals surface area contributed by atoms with E-state index in [1.54, 1.807) is 6.07 Å². The zero-order valence-electron chi connectivity index (χ0n) is 18.3. The molecule has 1 saturated heterocycles. The number of carbonyl (C=O) groups is 1. The van der Waals surface area contributed by atoms with E-state index in [1.807, 2.05) is 0 Å². The van der Waals surface area contributed by atoms with Crippen LogP contribution in [-0.2, 0) is 0 Å². The first-order valence-electron chi connectivity index (χ1n) is 10.5. The SMILES string of the molecule is COc1c2occc2c(OC)c2c(=O)cc(C(=O)NC[C@@H]3CCN(CC(C)C)C3)oc12. The molecule has 0 radical (unpaired) electrons. The first-order chi connectivity index (χ1) is 14.9. The van der Waals surface area contributed by atoms with Crippen molar-refractivity contribution in [2.24, 2.45) is 11.8 Å². The molecule has 3 aromatic rings. The van der Waals surface area contributed by atoms with Gasteiger partial charge in [0.25, 0.3) is 5.91 Å². The van der Waals surface area contributed by atoms with E-state index in [9.17, 15) is 9.59 Å². The van der Waals surface area contributed by atoms with Gasteiger partial charge in [-0.15, -0.1) is 0 Å². The number of methoxy groups -OCH3 is 2. The fraction of sp³-hybridized carbons (Fsp3) is 0.478. The highest BCUT2D eigenvalue weighted by Gasteiger charge is 2.26. The second-order valence-corrected chi connectivity index (χ2v) is 8.43. The average molecular weight is 428 g/mol. The van der Waals surface area contributed by atoms with Crippen molar-refractivity contribution in [1.82, 2.24) is 10.2 Å². The quantitative estimate of drug-likeness (QED) is 0.617. The number of nitrogens with one attached hydrogen (secondary N) is 1. The standard InChI is InChI=1S/C23H28N2O6/c1-13(2)11-25-7-5-14(12-25)10-24-23(27)17-9-16(26)18-19(28-3)15-6-8-30-20(15)22(29-4)21(18)31-17/h6,8-9,13-14H,5,7,10-12H2,1-4H3,(H,24,27)/t14-/m0/s1. The fourth-order valence-electron chi connectivity index (χ4n) is 4.37. The van der Waals surface area contributed by atoms with Gasteiger partial charge in [0, 0.05) is 25.7 Å². The predicted molar refractivity (Wildman–Crippen MR) is 117 cm³/mol. The second kappa shape index (κ2) is 8.63. The van der Waals surface area contributed by atoms with E-state index < -0.39 is 5.91 Å². The van der Waals surface area contributed by atoms with Crippen molar-refractivity contribution in [3.8, 4) is 11.5 Å². The van der Waals surface area contributed by atoms with Gasteiger partial charge in [-0.25, -0.2) is 0 Å². The number of likely N-dealkylation sites (tertiary alicyclic amines) is 1. The van der Waals surface area contributed by atoms with E-state index >= 15 is 0 Å². The number of rotatable bonds is 7. The third-order valence-electron chi connectivity index (χ3n) is 5.67. The molecule has 1 fully saturated rings. The number of nitrogens with zero attached hydrogens (tertiary/aromatic N) is 1. The topological polar surface area (TPSA) is 94.2 Å². The van der Waals surface area contributed by atoms with Gasteiger partial charge in [-0.1, -0.05) is 13.8 Å². The number of amides is 1. The van der Waals surface area contributed by atoms with Gasteiger partial charge >= 0.3 is 0 Å². The molecule has 8 nitrogen and oxygen atoms in total. The summed E-state index contributed by atoms with van der Waals surface area (Å²) >= 11 is 0. The molecule has 0 aliphatic carbocycles.